The lowest BCUT2D eigenvalue weighted by molar-refractivity contribution is 0.100. The molecule has 0 aliphatic heterocycles. The van der Waals surface area contributed by atoms with Crippen molar-refractivity contribution in [3.63, 3.8) is 0 Å². The van der Waals surface area contributed by atoms with Crippen LogP contribution in [0.1, 0.15) is 57.1 Å². The number of sulfonamides is 2. The van der Waals surface area contributed by atoms with Crippen molar-refractivity contribution in [1.82, 2.24) is 19.1 Å². The number of aryl methyl sites for hydroxylation is 2. The van der Waals surface area contributed by atoms with Gasteiger partial charge in [-0.25, -0.2) is 47.4 Å². The molecule has 3 N–H and O–H groups in total. The fourth-order valence-electron chi connectivity index (χ4n) is 10.2. The quantitative estimate of drug-likeness (QED) is 0.0566. The molecule has 0 aliphatic carbocycles. The number of H-pyrrole nitrogens is 1. The van der Waals surface area contributed by atoms with Crippen molar-refractivity contribution in [2.45, 2.75) is 49.6 Å². The van der Waals surface area contributed by atoms with Crippen molar-refractivity contribution in [3.05, 3.63) is 226 Å². The molecule has 0 fully saturated rings. The second-order valence-electron chi connectivity index (χ2n) is 20.4. The minimum Gasteiger partial charge on any atom is -0.481 e. The third kappa shape index (κ3) is 14.1. The Morgan fingerprint density at radius 2 is 1.00 bits per heavy atom. The number of nitrogens with zero attached hydrogens (tertiary/aromatic N) is 3. The number of nitrogens with one attached hydrogen (secondary N) is 3. The summed E-state index contributed by atoms with van der Waals surface area (Å²) in [6.45, 7) is 3.80. The zero-order chi connectivity index (χ0) is 62.6. The van der Waals surface area contributed by atoms with Gasteiger partial charge in [-0.3, -0.25) is 23.8 Å². The number of ketones is 2. The molecule has 87 heavy (non-hydrogen) atoms. The molecule has 0 amide bonds. The lowest BCUT2D eigenvalue weighted by Crippen LogP contribution is -2.22. The molecule has 0 saturated heterocycles. The molecule has 450 valence electrons. The number of rotatable bonds is 21. The molecule has 24 heteroatoms. The maximum atomic E-state index is 15.0. The predicted molar refractivity (Wildman–Crippen MR) is 332 cm³/mol. The molecular weight excluding hydrogens is 1200 g/mol. The summed E-state index contributed by atoms with van der Waals surface area (Å²) in [5.74, 6) is -4.21. The monoisotopic (exact) mass is 1260 g/mol. The number of methoxy groups -OCH3 is 1. The van der Waals surface area contributed by atoms with E-state index in [2.05, 4.69) is 19.4 Å². The van der Waals surface area contributed by atoms with Crippen molar-refractivity contribution < 1.29 is 56.8 Å². The summed E-state index contributed by atoms with van der Waals surface area (Å²) < 4.78 is 144. The summed E-state index contributed by atoms with van der Waals surface area (Å²) in [7, 11) is -14.5. The average Bonchev–Trinajstić information content (AvgIpc) is 1.63. The van der Waals surface area contributed by atoms with Crippen molar-refractivity contribution in [2.24, 2.45) is 0 Å². The Hall–Kier alpha value is -9.10. The minimum atomic E-state index is -4.30. The van der Waals surface area contributed by atoms with Gasteiger partial charge in [0, 0.05) is 79.0 Å². The van der Waals surface area contributed by atoms with Gasteiger partial charge in [-0.05, 0) is 121 Å². The predicted octanol–water partition coefficient (Wildman–Crippen LogP) is 10.3. The molecule has 0 saturated carbocycles. The van der Waals surface area contributed by atoms with E-state index in [0.717, 1.165) is 35.8 Å². The Morgan fingerprint density at radius 1 is 0.552 bits per heavy atom. The van der Waals surface area contributed by atoms with Gasteiger partial charge < -0.3 is 18.9 Å². The SMILES string of the molecule is CCc1ccc2c(c1)c(-c1ccc[nH]c1=O)c(C(=O)CS(=O)(=O)c1cccc(NS(C)(=O)=O)c1)n2Cc1ccccc1F.CCc1ccc2c(c1)c(-c1cccnc1OC)c(C(=O)CS(=O)(=O)c1cccc(NS(C)(=O)=O)c1)n2Cc1ccccc1F. The summed E-state index contributed by atoms with van der Waals surface area (Å²) in [6, 6.07) is 40.4. The number of hydrogen-bond donors (Lipinski definition) is 3. The number of ether oxygens (including phenoxy) is 1. The molecule has 0 unspecified atom stereocenters. The molecule has 18 nitrogen and oxygen atoms in total. The average molecular weight is 1260 g/mol. The highest BCUT2D eigenvalue weighted by atomic mass is 32.2. The number of halogens is 2. The third-order valence-electron chi connectivity index (χ3n) is 14.1. The van der Waals surface area contributed by atoms with E-state index in [1.54, 1.807) is 82.1 Å². The highest BCUT2D eigenvalue weighted by Crippen LogP contribution is 2.41. The van der Waals surface area contributed by atoms with Crippen LogP contribution in [0.15, 0.2) is 185 Å². The molecule has 10 rings (SSSR count). The number of carbonyl (C=O) groups is 2. The summed E-state index contributed by atoms with van der Waals surface area (Å²) in [6.07, 6.45) is 6.24. The third-order valence-corrected chi connectivity index (χ3v) is 18.6. The second-order valence-corrected chi connectivity index (χ2v) is 27.8. The van der Waals surface area contributed by atoms with Gasteiger partial charge in [0.1, 0.15) is 23.1 Å². The molecule has 4 heterocycles. The number of hydrogen-bond acceptors (Lipinski definition) is 13. The van der Waals surface area contributed by atoms with Crippen LogP contribution in [0.25, 0.3) is 44.1 Å². The highest BCUT2D eigenvalue weighted by Gasteiger charge is 2.33. The van der Waals surface area contributed by atoms with Gasteiger partial charge in [-0.2, -0.15) is 0 Å². The smallest absolute Gasteiger partial charge is 0.255 e. The number of pyridine rings is 2. The zero-order valence-electron chi connectivity index (χ0n) is 47.5. The van der Waals surface area contributed by atoms with Crippen molar-refractivity contribution in [1.29, 1.82) is 0 Å². The summed E-state index contributed by atoms with van der Waals surface area (Å²) in [4.78, 5) is 47.9. The van der Waals surface area contributed by atoms with E-state index in [-0.39, 0.29) is 68.2 Å². The first kappa shape index (κ1) is 62.4. The van der Waals surface area contributed by atoms with Crippen LogP contribution in [-0.4, -0.2) is 95.5 Å². The van der Waals surface area contributed by atoms with Gasteiger partial charge in [0.2, 0.25) is 25.9 Å². The molecule has 0 aliphatic rings. The van der Waals surface area contributed by atoms with Gasteiger partial charge >= 0.3 is 0 Å². The van der Waals surface area contributed by atoms with Crippen LogP contribution in [0.3, 0.4) is 0 Å². The fraction of sp³-hybridized carbons (Fsp3) is 0.175. The Bertz CT molecular complexity index is 4870. The summed E-state index contributed by atoms with van der Waals surface area (Å²) in [5.41, 5.74) is 4.49. The van der Waals surface area contributed by atoms with Crippen molar-refractivity contribution in [2.75, 3.05) is 40.6 Å². The minimum absolute atomic E-state index is 0.0216. The van der Waals surface area contributed by atoms with Crippen LogP contribution < -0.4 is 19.7 Å². The number of carbonyl (C=O) groups excluding carboxylic acids is 2. The van der Waals surface area contributed by atoms with Crippen LogP contribution in [0.4, 0.5) is 20.2 Å². The molecule has 4 aromatic heterocycles. The Kier molecular flexibility index (Phi) is 18.3. The standard InChI is InChI=1S/C32H30FN3O6S2.C31H28FN3O6S2/c1-4-21-14-15-28-26(17-21)30(25-12-8-16-34-32(25)42-2)31(36(28)19-22-9-5-6-13-27(22)33)29(37)20-44(40,41)24-11-7-10-23(18-24)35-43(3,38)39;1-3-20-13-14-27-25(16-20)29(24-11-7-15-33-31(24)37)30(35(27)18-21-8-4-5-12-26(21)32)28(36)19-43(40,41)23-10-6-9-22(17-23)34-42(2,38)39/h5-18,35H,4,19-20H2,1-3H3;4-17,34H,3,18-19H2,1-2H3,(H,33,37). The van der Waals surface area contributed by atoms with E-state index in [0.29, 0.717) is 51.3 Å². The van der Waals surface area contributed by atoms with Crippen LogP contribution in [0, 0.1) is 11.6 Å². The maximum Gasteiger partial charge on any atom is 0.255 e. The molecule has 0 spiro atoms. The largest absolute Gasteiger partial charge is 0.481 e. The molecule has 0 radical (unpaired) electrons. The normalized spacial score (nSPS) is 11.9. The fourth-order valence-corrected chi connectivity index (χ4v) is 13.8. The van der Waals surface area contributed by atoms with Crippen molar-refractivity contribution in [3.8, 4) is 28.1 Å². The zero-order valence-corrected chi connectivity index (χ0v) is 50.8. The molecular formula is C63H58F2N6O12S4. The first-order chi connectivity index (χ1) is 41.3. The second kappa shape index (κ2) is 25.5. The molecule has 10 aromatic rings. The highest BCUT2D eigenvalue weighted by molar-refractivity contribution is 7.93. The van der Waals surface area contributed by atoms with Crippen LogP contribution in [-0.2, 0) is 65.7 Å². The van der Waals surface area contributed by atoms with Gasteiger partial charge in [-0.1, -0.05) is 74.5 Å². The Morgan fingerprint density at radius 3 is 1.43 bits per heavy atom. The number of aromatic nitrogens is 4. The maximum absolute atomic E-state index is 15.0. The van der Waals surface area contributed by atoms with E-state index < -0.39 is 80.0 Å². The number of fused-ring (bicyclic) bond motifs is 2. The van der Waals surface area contributed by atoms with E-state index >= 15 is 0 Å². The van der Waals surface area contributed by atoms with Crippen molar-refractivity contribution >= 4 is 84.5 Å². The summed E-state index contributed by atoms with van der Waals surface area (Å²) in [5, 5.41) is 1.21. The van der Waals surface area contributed by atoms with Crippen LogP contribution in [0.2, 0.25) is 0 Å². The molecule has 0 bridgehead atoms. The van der Waals surface area contributed by atoms with E-state index in [1.807, 2.05) is 44.2 Å². The van der Waals surface area contributed by atoms with E-state index in [9.17, 15) is 56.8 Å². The summed E-state index contributed by atoms with van der Waals surface area (Å²) >= 11 is 0. The Balaban J connectivity index is 0.000000208. The van der Waals surface area contributed by atoms with Gasteiger partial charge in [0.05, 0.1) is 53.9 Å². The van der Waals surface area contributed by atoms with Gasteiger partial charge in [0.25, 0.3) is 5.56 Å². The first-order valence-electron chi connectivity index (χ1n) is 26.9. The number of sulfone groups is 2. The van der Waals surface area contributed by atoms with E-state index in [4.69, 9.17) is 4.74 Å². The number of anilines is 2. The first-order valence-corrected chi connectivity index (χ1v) is 34.0. The van der Waals surface area contributed by atoms with Gasteiger partial charge in [0.15, 0.2) is 31.2 Å². The van der Waals surface area contributed by atoms with Crippen LogP contribution in [0.5, 0.6) is 5.88 Å². The number of benzene rings is 6. The lowest BCUT2D eigenvalue weighted by Gasteiger charge is -2.14. The van der Waals surface area contributed by atoms with Crippen LogP contribution >= 0.6 is 0 Å². The molecule has 0 atom stereocenters. The Labute approximate surface area is 501 Å². The number of Topliss-reactive ketones (excluding diaryl/α,β-unsaturated/α-hetero) is 2. The van der Waals surface area contributed by atoms with Gasteiger partial charge in [-0.15, -0.1) is 0 Å². The topological polar surface area (TPSA) is 260 Å². The van der Waals surface area contributed by atoms with E-state index in [1.165, 1.54) is 61.8 Å². The lowest BCUT2D eigenvalue weighted by atomic mass is 9.99. The number of aromatic amines is 1. The molecule has 6 aromatic carbocycles.